The number of halogens is 1. The summed E-state index contributed by atoms with van der Waals surface area (Å²) >= 11 is 0. The van der Waals surface area contributed by atoms with Crippen molar-refractivity contribution >= 4 is 29.3 Å². The van der Waals surface area contributed by atoms with Crippen LogP contribution in [0.5, 0.6) is 0 Å². The molecule has 18 heavy (non-hydrogen) atoms. The smallest absolute Gasteiger partial charge is 0.335 e. The summed E-state index contributed by atoms with van der Waals surface area (Å²) in [4.78, 5) is 15.3. The van der Waals surface area contributed by atoms with Gasteiger partial charge in [0.05, 0.1) is 16.8 Å². The first kappa shape index (κ1) is 12.3. The third-order valence-corrected chi connectivity index (χ3v) is 2.79. The van der Waals surface area contributed by atoms with Crippen molar-refractivity contribution in [3.05, 3.63) is 54.1 Å². The number of aromatic carboxylic acids is 1. The Morgan fingerprint density at radius 3 is 2.61 bits per heavy atom. The van der Waals surface area contributed by atoms with E-state index in [9.17, 15) is 4.79 Å². The lowest BCUT2D eigenvalue weighted by Crippen LogP contribution is -1.94. The number of benzene rings is 1. The molecule has 1 aromatic rings. The van der Waals surface area contributed by atoms with Gasteiger partial charge in [-0.15, -0.1) is 12.4 Å². The van der Waals surface area contributed by atoms with Gasteiger partial charge in [-0.1, -0.05) is 30.3 Å². The number of hydrogen-bond donors (Lipinski definition) is 1. The van der Waals surface area contributed by atoms with Crippen LogP contribution in [-0.2, 0) is 0 Å². The highest BCUT2D eigenvalue weighted by molar-refractivity contribution is 6.00. The molecular weight excluding hydrogens is 250 g/mol. The highest BCUT2D eigenvalue weighted by atomic mass is 35.5. The van der Waals surface area contributed by atoms with E-state index in [1.807, 2.05) is 36.4 Å². The van der Waals surface area contributed by atoms with Crippen LogP contribution in [0.3, 0.4) is 0 Å². The molecule has 1 heterocycles. The Kier molecular flexibility index (Phi) is 3.17. The minimum absolute atomic E-state index is 0. The fourth-order valence-corrected chi connectivity index (χ4v) is 1.98. The van der Waals surface area contributed by atoms with Crippen LogP contribution < -0.4 is 0 Å². The first-order chi connectivity index (χ1) is 8.25. The maximum absolute atomic E-state index is 10.9. The van der Waals surface area contributed by atoms with Crippen molar-refractivity contribution in [1.29, 1.82) is 0 Å². The summed E-state index contributed by atoms with van der Waals surface area (Å²) in [5.41, 5.74) is 2.92. The summed E-state index contributed by atoms with van der Waals surface area (Å²) in [5.74, 6) is -0.926. The Labute approximate surface area is 110 Å². The van der Waals surface area contributed by atoms with E-state index in [1.165, 1.54) is 0 Å². The van der Waals surface area contributed by atoms with Crippen LogP contribution in [0.2, 0.25) is 0 Å². The highest BCUT2D eigenvalue weighted by Gasteiger charge is 2.12. The van der Waals surface area contributed by atoms with Crippen LogP contribution in [0.4, 0.5) is 0 Å². The van der Waals surface area contributed by atoms with Gasteiger partial charge in [-0.3, -0.25) is 0 Å². The van der Waals surface area contributed by atoms with E-state index in [2.05, 4.69) is 4.98 Å². The van der Waals surface area contributed by atoms with Gasteiger partial charge in [-0.2, -0.15) is 0 Å². The van der Waals surface area contributed by atoms with E-state index >= 15 is 0 Å². The normalized spacial score (nSPS) is 10.2. The van der Waals surface area contributed by atoms with Gasteiger partial charge >= 0.3 is 5.97 Å². The van der Waals surface area contributed by atoms with Gasteiger partial charge in [0, 0.05) is 10.9 Å². The molecule has 0 bridgehead atoms. The Morgan fingerprint density at radius 2 is 1.83 bits per heavy atom. The van der Waals surface area contributed by atoms with Crippen LogP contribution in [0.15, 0.2) is 48.5 Å². The maximum atomic E-state index is 10.9. The number of carboxylic acid groups (broad SMARTS) is 1. The van der Waals surface area contributed by atoms with Gasteiger partial charge in [0.15, 0.2) is 0 Å². The third-order valence-electron chi connectivity index (χ3n) is 2.79. The van der Waals surface area contributed by atoms with Crippen molar-refractivity contribution in [2.75, 3.05) is 0 Å². The van der Waals surface area contributed by atoms with Gasteiger partial charge in [-0.25, -0.2) is 9.78 Å². The Balaban J connectivity index is 0.00000120. The molecule has 1 aromatic carbocycles. The van der Waals surface area contributed by atoms with Gasteiger partial charge in [-0.05, 0) is 18.2 Å². The van der Waals surface area contributed by atoms with Crippen LogP contribution in [-0.4, -0.2) is 16.1 Å². The molecule has 4 heteroatoms. The van der Waals surface area contributed by atoms with Crippen molar-refractivity contribution in [2.45, 2.75) is 0 Å². The number of nitrogens with zero attached hydrogens (tertiary/aromatic N) is 1. The molecule has 1 aliphatic carbocycles. The molecule has 0 aromatic heterocycles. The van der Waals surface area contributed by atoms with E-state index in [0.29, 0.717) is 0 Å². The van der Waals surface area contributed by atoms with Crippen LogP contribution >= 0.6 is 12.4 Å². The third kappa shape index (κ3) is 1.89. The van der Waals surface area contributed by atoms with Crippen molar-refractivity contribution < 1.29 is 9.90 Å². The first-order valence-corrected chi connectivity index (χ1v) is 5.27. The van der Waals surface area contributed by atoms with Crippen molar-refractivity contribution in [3.63, 3.8) is 0 Å². The molecule has 0 amide bonds. The van der Waals surface area contributed by atoms with Crippen molar-refractivity contribution in [3.8, 4) is 11.3 Å². The fraction of sp³-hybridized carbons (Fsp3) is 0. The van der Waals surface area contributed by atoms with E-state index in [4.69, 9.17) is 5.11 Å². The number of aromatic nitrogens is 1. The van der Waals surface area contributed by atoms with Crippen LogP contribution in [0, 0.1) is 0 Å². The number of carboxylic acids is 1. The molecule has 1 N–H and O–H groups in total. The lowest BCUT2D eigenvalue weighted by Gasteiger charge is -1.94. The molecule has 3 nitrogen and oxygen atoms in total. The van der Waals surface area contributed by atoms with E-state index < -0.39 is 5.97 Å². The molecule has 3 rings (SSSR count). The largest absolute Gasteiger partial charge is 0.478 e. The molecule has 0 atom stereocenters. The predicted octanol–water partition coefficient (Wildman–Crippen LogP) is 3.46. The monoisotopic (exact) mass is 259 g/mol. The number of fused-ring (bicyclic) bond motifs is 3. The average molecular weight is 260 g/mol. The lowest BCUT2D eigenvalue weighted by atomic mass is 10.1. The molecule has 1 aliphatic heterocycles. The summed E-state index contributed by atoms with van der Waals surface area (Å²) in [5, 5.41) is 9.92. The van der Waals surface area contributed by atoms with E-state index in [0.717, 1.165) is 22.2 Å². The van der Waals surface area contributed by atoms with Gasteiger partial charge in [0.2, 0.25) is 0 Å². The molecule has 2 aliphatic rings. The van der Waals surface area contributed by atoms with Crippen molar-refractivity contribution in [1.82, 2.24) is 4.98 Å². The van der Waals surface area contributed by atoms with Crippen molar-refractivity contribution in [2.24, 2.45) is 0 Å². The second-order valence-corrected chi connectivity index (χ2v) is 3.86. The number of carbonyl (C=O) groups is 1. The SMILES string of the molecule is Cl.O=C(O)c1ccc2c3cccccc-3nc2c1. The molecule has 0 fully saturated rings. The van der Waals surface area contributed by atoms with Crippen LogP contribution in [0.1, 0.15) is 10.4 Å². The Hall–Kier alpha value is -2.13. The Bertz CT molecular complexity index is 696. The molecule has 0 spiro atoms. The minimum atomic E-state index is -0.926. The standard InChI is InChI=1S/C14H9NO2.ClH/c16-14(17)9-6-7-11-10-4-2-1-3-5-12(10)15-13(11)8-9;/h1-8H,(H,16,17);1H. The van der Waals surface area contributed by atoms with Crippen LogP contribution in [0.25, 0.3) is 22.2 Å². The summed E-state index contributed by atoms with van der Waals surface area (Å²) in [7, 11) is 0. The van der Waals surface area contributed by atoms with Gasteiger partial charge in [0.1, 0.15) is 0 Å². The molecule has 0 saturated heterocycles. The molecule has 90 valence electrons. The zero-order valence-electron chi connectivity index (χ0n) is 9.33. The number of hydrogen-bond acceptors (Lipinski definition) is 2. The molecule has 0 saturated carbocycles. The quantitative estimate of drug-likeness (QED) is 0.728. The lowest BCUT2D eigenvalue weighted by molar-refractivity contribution is 0.0697. The summed E-state index contributed by atoms with van der Waals surface area (Å²) in [6.07, 6.45) is 0. The molecular formula is C14H10ClNO2. The second kappa shape index (κ2) is 4.63. The summed E-state index contributed by atoms with van der Waals surface area (Å²) in [6, 6.07) is 14.8. The summed E-state index contributed by atoms with van der Waals surface area (Å²) in [6.45, 7) is 0. The zero-order valence-corrected chi connectivity index (χ0v) is 10.1. The molecule has 0 unspecified atom stereocenters. The van der Waals surface area contributed by atoms with Gasteiger partial charge < -0.3 is 5.11 Å². The topological polar surface area (TPSA) is 50.2 Å². The Morgan fingerprint density at radius 1 is 1.06 bits per heavy atom. The van der Waals surface area contributed by atoms with Gasteiger partial charge in [0.25, 0.3) is 0 Å². The second-order valence-electron chi connectivity index (χ2n) is 3.86. The predicted molar refractivity (Wildman–Crippen MR) is 72.6 cm³/mol. The first-order valence-electron chi connectivity index (χ1n) is 5.27. The van der Waals surface area contributed by atoms with E-state index in [-0.39, 0.29) is 18.0 Å². The van der Waals surface area contributed by atoms with E-state index in [1.54, 1.807) is 12.1 Å². The molecule has 0 radical (unpaired) electrons. The zero-order chi connectivity index (χ0) is 11.8. The average Bonchev–Trinajstić information content (AvgIpc) is 2.50. The maximum Gasteiger partial charge on any atom is 0.335 e. The fourth-order valence-electron chi connectivity index (χ4n) is 1.98. The highest BCUT2D eigenvalue weighted by Crippen LogP contribution is 2.30. The summed E-state index contributed by atoms with van der Waals surface area (Å²) < 4.78 is 0. The number of rotatable bonds is 1. The minimum Gasteiger partial charge on any atom is -0.478 e.